The molecule has 2 N–H and O–H groups in total. The predicted molar refractivity (Wildman–Crippen MR) is 91.7 cm³/mol. The fraction of sp³-hybridized carbons (Fsp3) is 0.579. The van der Waals surface area contributed by atoms with Gasteiger partial charge >= 0.3 is 5.97 Å². The summed E-state index contributed by atoms with van der Waals surface area (Å²) in [5.74, 6) is -1.07. The average molecular weight is 348 g/mol. The zero-order chi connectivity index (χ0) is 18.0. The van der Waals surface area contributed by atoms with Crippen molar-refractivity contribution >= 4 is 11.9 Å². The number of carboxylic acid groups (broad SMARTS) is 1. The minimum atomic E-state index is -0.854. The molecule has 1 aliphatic heterocycles. The van der Waals surface area contributed by atoms with Gasteiger partial charge < -0.3 is 10.4 Å². The van der Waals surface area contributed by atoms with Crippen molar-refractivity contribution in [3.05, 3.63) is 35.6 Å². The number of nitrogens with one attached hydrogen (secondary N) is 1. The maximum absolute atomic E-state index is 14.1. The van der Waals surface area contributed by atoms with Crippen molar-refractivity contribution in [2.75, 3.05) is 19.6 Å². The van der Waals surface area contributed by atoms with Crippen LogP contribution < -0.4 is 5.32 Å². The Bertz CT molecular complexity index is 660. The molecule has 1 aliphatic carbocycles. The summed E-state index contributed by atoms with van der Waals surface area (Å²) in [6.07, 6.45) is 3.23. The molecule has 136 valence electrons. The van der Waals surface area contributed by atoms with E-state index in [0.29, 0.717) is 31.5 Å². The molecule has 0 spiro atoms. The van der Waals surface area contributed by atoms with Crippen LogP contribution in [0.4, 0.5) is 4.39 Å². The van der Waals surface area contributed by atoms with Crippen molar-refractivity contribution in [3.63, 3.8) is 0 Å². The van der Waals surface area contributed by atoms with Gasteiger partial charge in [0.25, 0.3) is 0 Å². The third-order valence-corrected chi connectivity index (χ3v) is 5.43. The Morgan fingerprint density at radius 2 is 2.04 bits per heavy atom. The first kappa shape index (κ1) is 17.9. The van der Waals surface area contributed by atoms with E-state index in [1.165, 1.54) is 6.07 Å². The van der Waals surface area contributed by atoms with Crippen LogP contribution in [0.3, 0.4) is 0 Å². The number of hydrogen-bond acceptors (Lipinski definition) is 3. The van der Waals surface area contributed by atoms with Crippen LogP contribution in [0.2, 0.25) is 0 Å². The quantitative estimate of drug-likeness (QED) is 0.792. The van der Waals surface area contributed by atoms with Gasteiger partial charge in [0.1, 0.15) is 5.82 Å². The molecule has 6 heteroatoms. The Morgan fingerprint density at radius 3 is 2.64 bits per heavy atom. The second-order valence-electron chi connectivity index (χ2n) is 7.28. The standard InChI is InChI=1S/C19H25FN2O3/c1-2-5-13-10-22(12-17(23)24)11-16(13)21-18(25)19(8-9-19)14-6-3-4-7-15(14)20/h3-4,6-7,13,16H,2,5,8-12H2,1H3,(H,21,25)(H,23,24)/t13-,16-/m0/s1. The molecular weight excluding hydrogens is 323 g/mol. The lowest BCUT2D eigenvalue weighted by Crippen LogP contribution is -2.45. The molecule has 0 radical (unpaired) electrons. The van der Waals surface area contributed by atoms with E-state index in [1.807, 2.05) is 4.90 Å². The molecule has 0 unspecified atom stereocenters. The van der Waals surface area contributed by atoms with Gasteiger partial charge in [-0.3, -0.25) is 14.5 Å². The average Bonchev–Trinajstić information content (AvgIpc) is 3.28. The molecule has 1 saturated carbocycles. The van der Waals surface area contributed by atoms with Crippen LogP contribution in [0.5, 0.6) is 0 Å². The summed E-state index contributed by atoms with van der Waals surface area (Å²) in [5, 5.41) is 12.1. The zero-order valence-corrected chi connectivity index (χ0v) is 14.5. The number of aliphatic carboxylic acids is 1. The van der Waals surface area contributed by atoms with Crippen LogP contribution >= 0.6 is 0 Å². The van der Waals surface area contributed by atoms with E-state index in [9.17, 15) is 14.0 Å². The molecule has 2 aliphatic rings. The van der Waals surface area contributed by atoms with Gasteiger partial charge in [0.15, 0.2) is 0 Å². The summed E-state index contributed by atoms with van der Waals surface area (Å²) >= 11 is 0. The van der Waals surface area contributed by atoms with Crippen molar-refractivity contribution in [2.45, 2.75) is 44.1 Å². The fourth-order valence-corrected chi connectivity index (χ4v) is 4.01. The van der Waals surface area contributed by atoms with E-state index in [2.05, 4.69) is 12.2 Å². The zero-order valence-electron chi connectivity index (χ0n) is 14.5. The smallest absolute Gasteiger partial charge is 0.317 e. The van der Waals surface area contributed by atoms with Crippen LogP contribution in [0.25, 0.3) is 0 Å². The SMILES string of the molecule is CCC[C@H]1CN(CC(=O)O)C[C@@H]1NC(=O)C1(c2ccccc2F)CC1. The minimum absolute atomic E-state index is 0.00889. The van der Waals surface area contributed by atoms with Crippen molar-refractivity contribution in [1.82, 2.24) is 10.2 Å². The molecule has 1 aromatic carbocycles. The maximum atomic E-state index is 14.1. The van der Waals surface area contributed by atoms with E-state index in [-0.39, 0.29) is 30.2 Å². The van der Waals surface area contributed by atoms with Gasteiger partial charge in [0, 0.05) is 24.7 Å². The summed E-state index contributed by atoms with van der Waals surface area (Å²) in [5.41, 5.74) is -0.276. The summed E-state index contributed by atoms with van der Waals surface area (Å²) in [7, 11) is 0. The van der Waals surface area contributed by atoms with Crippen LogP contribution in [0, 0.1) is 11.7 Å². The van der Waals surface area contributed by atoms with Crippen LogP contribution in [-0.4, -0.2) is 47.6 Å². The molecule has 1 heterocycles. The number of carbonyl (C=O) groups is 2. The molecule has 25 heavy (non-hydrogen) atoms. The highest BCUT2D eigenvalue weighted by molar-refractivity contribution is 5.91. The number of amides is 1. The van der Waals surface area contributed by atoms with Crippen molar-refractivity contribution in [2.24, 2.45) is 5.92 Å². The van der Waals surface area contributed by atoms with E-state index < -0.39 is 11.4 Å². The lowest BCUT2D eigenvalue weighted by Gasteiger charge is -2.23. The van der Waals surface area contributed by atoms with Gasteiger partial charge in [0.2, 0.25) is 5.91 Å². The number of nitrogens with zero attached hydrogens (tertiary/aromatic N) is 1. The summed E-state index contributed by atoms with van der Waals surface area (Å²) < 4.78 is 14.1. The minimum Gasteiger partial charge on any atom is -0.480 e. The number of rotatable bonds is 7. The van der Waals surface area contributed by atoms with Crippen LogP contribution in [0.1, 0.15) is 38.2 Å². The van der Waals surface area contributed by atoms with E-state index in [4.69, 9.17) is 5.11 Å². The Kier molecular flexibility index (Phi) is 5.08. The number of hydrogen-bond donors (Lipinski definition) is 2. The Hall–Kier alpha value is -1.95. The summed E-state index contributed by atoms with van der Waals surface area (Å²) in [6, 6.07) is 6.40. The lowest BCUT2D eigenvalue weighted by atomic mass is 9.92. The molecule has 1 saturated heterocycles. The number of halogens is 1. The second kappa shape index (κ2) is 7.12. The first-order valence-electron chi connectivity index (χ1n) is 8.96. The normalized spacial score (nSPS) is 24.9. The van der Waals surface area contributed by atoms with Gasteiger partial charge in [-0.05, 0) is 31.2 Å². The number of carboxylic acids is 1. The first-order valence-corrected chi connectivity index (χ1v) is 8.96. The Balaban J connectivity index is 1.71. The van der Waals surface area contributed by atoms with Crippen molar-refractivity contribution in [3.8, 4) is 0 Å². The van der Waals surface area contributed by atoms with Gasteiger partial charge in [0.05, 0.1) is 12.0 Å². The molecule has 0 bridgehead atoms. The number of likely N-dealkylation sites (tertiary alicyclic amines) is 1. The molecule has 5 nitrogen and oxygen atoms in total. The lowest BCUT2D eigenvalue weighted by molar-refractivity contribution is -0.138. The second-order valence-corrected chi connectivity index (χ2v) is 7.28. The third-order valence-electron chi connectivity index (χ3n) is 5.43. The monoisotopic (exact) mass is 348 g/mol. The van der Waals surface area contributed by atoms with Gasteiger partial charge in [-0.2, -0.15) is 0 Å². The topological polar surface area (TPSA) is 69.6 Å². The molecular formula is C19H25FN2O3. The molecule has 2 fully saturated rings. The number of carbonyl (C=O) groups excluding carboxylic acids is 1. The van der Waals surface area contributed by atoms with Crippen molar-refractivity contribution < 1.29 is 19.1 Å². The third kappa shape index (κ3) is 3.68. The molecule has 0 aromatic heterocycles. The molecule has 1 amide bonds. The fourth-order valence-electron chi connectivity index (χ4n) is 4.01. The highest BCUT2D eigenvalue weighted by Gasteiger charge is 2.53. The van der Waals surface area contributed by atoms with Crippen molar-refractivity contribution in [1.29, 1.82) is 0 Å². The van der Waals surface area contributed by atoms with Crippen LogP contribution in [0.15, 0.2) is 24.3 Å². The van der Waals surface area contributed by atoms with Gasteiger partial charge in [-0.1, -0.05) is 31.5 Å². The number of benzene rings is 1. The van der Waals surface area contributed by atoms with E-state index in [0.717, 1.165) is 12.8 Å². The highest BCUT2D eigenvalue weighted by Crippen LogP contribution is 2.49. The molecule has 1 aromatic rings. The van der Waals surface area contributed by atoms with Gasteiger partial charge in [-0.15, -0.1) is 0 Å². The highest BCUT2D eigenvalue weighted by atomic mass is 19.1. The summed E-state index contributed by atoms with van der Waals surface area (Å²) in [6.45, 7) is 3.29. The first-order chi connectivity index (χ1) is 12.0. The molecule has 2 atom stereocenters. The largest absolute Gasteiger partial charge is 0.480 e. The van der Waals surface area contributed by atoms with Crippen LogP contribution in [-0.2, 0) is 15.0 Å². The Labute approximate surface area is 147 Å². The summed E-state index contributed by atoms with van der Waals surface area (Å²) in [4.78, 5) is 25.7. The maximum Gasteiger partial charge on any atom is 0.317 e. The Morgan fingerprint density at radius 1 is 1.32 bits per heavy atom. The van der Waals surface area contributed by atoms with E-state index in [1.54, 1.807) is 18.2 Å². The predicted octanol–water partition coefficient (Wildman–Crippen LogP) is 2.16. The van der Waals surface area contributed by atoms with Gasteiger partial charge in [-0.25, -0.2) is 4.39 Å². The van der Waals surface area contributed by atoms with E-state index >= 15 is 0 Å². The molecule has 3 rings (SSSR count).